The van der Waals surface area contributed by atoms with Gasteiger partial charge in [0.05, 0.1) is 6.26 Å². The molecule has 1 N–H and O–H groups in total. The van der Waals surface area contributed by atoms with Crippen LogP contribution < -0.4 is 5.32 Å². The predicted octanol–water partition coefficient (Wildman–Crippen LogP) is 4.68. The first-order chi connectivity index (χ1) is 15.8. The zero-order chi connectivity index (χ0) is 21.5. The summed E-state index contributed by atoms with van der Waals surface area (Å²) in [4.78, 5) is 16.9. The van der Waals surface area contributed by atoms with Crippen LogP contribution in [0.4, 0.5) is 0 Å². The number of carbonyl (C=O) groups excluding carboxylic acids is 1. The van der Waals surface area contributed by atoms with Gasteiger partial charge in [0, 0.05) is 31.2 Å². The minimum atomic E-state index is 0.00534. The third kappa shape index (κ3) is 3.23. The van der Waals surface area contributed by atoms with Crippen molar-refractivity contribution in [2.75, 3.05) is 6.54 Å². The third-order valence-electron chi connectivity index (χ3n) is 6.76. The lowest BCUT2D eigenvalue weighted by molar-refractivity contribution is -0.121. The largest absolute Gasteiger partial charge is 0.461 e. The van der Waals surface area contributed by atoms with E-state index in [1.54, 1.807) is 18.4 Å². The molecule has 32 heavy (non-hydrogen) atoms. The van der Waals surface area contributed by atoms with Gasteiger partial charge in [-0.05, 0) is 46.7 Å². The molecule has 2 aromatic heterocycles. The van der Waals surface area contributed by atoms with Crippen molar-refractivity contribution >= 4 is 5.91 Å². The van der Waals surface area contributed by atoms with Gasteiger partial charge in [0.25, 0.3) is 0 Å². The van der Waals surface area contributed by atoms with E-state index in [0.29, 0.717) is 54.6 Å². The Bertz CT molecular complexity index is 1210. The molecule has 1 atom stereocenters. The molecule has 6 heteroatoms. The van der Waals surface area contributed by atoms with Gasteiger partial charge in [0.1, 0.15) is 0 Å². The molecular weight excluding hydrogens is 402 g/mol. The standard InChI is InChI=1S/C26H23N3O3/c30-23(11-12-24-28-26(29-32-24)22-10-5-13-31-22)27-15-16-14-21-17-6-1-3-8-19(17)25(16)20-9-4-2-7-18(20)21/h1-10,13,16,21,25H,11-12,14-15H2,(H,27,30)/t16-,21?,25?/m0/s1. The van der Waals surface area contributed by atoms with Gasteiger partial charge < -0.3 is 14.3 Å². The molecule has 0 spiro atoms. The number of hydrogen-bond acceptors (Lipinski definition) is 5. The maximum atomic E-state index is 12.6. The quantitative estimate of drug-likeness (QED) is 0.485. The molecule has 1 amide bonds. The second-order valence-electron chi connectivity index (χ2n) is 8.58. The summed E-state index contributed by atoms with van der Waals surface area (Å²) >= 11 is 0. The van der Waals surface area contributed by atoms with Crippen molar-refractivity contribution in [1.29, 1.82) is 0 Å². The molecule has 0 radical (unpaired) electrons. The molecule has 0 aliphatic heterocycles. The highest BCUT2D eigenvalue weighted by atomic mass is 16.5. The van der Waals surface area contributed by atoms with Gasteiger partial charge in [0.2, 0.25) is 17.6 Å². The highest BCUT2D eigenvalue weighted by Gasteiger charge is 2.42. The number of hydrogen-bond donors (Lipinski definition) is 1. The Kier molecular flexibility index (Phi) is 4.63. The van der Waals surface area contributed by atoms with E-state index in [-0.39, 0.29) is 5.91 Å². The van der Waals surface area contributed by atoms with Crippen LogP contribution in [0.15, 0.2) is 75.9 Å². The summed E-state index contributed by atoms with van der Waals surface area (Å²) < 4.78 is 10.5. The average molecular weight is 425 g/mol. The van der Waals surface area contributed by atoms with E-state index in [1.807, 2.05) is 0 Å². The molecule has 2 heterocycles. The molecule has 0 fully saturated rings. The third-order valence-corrected chi connectivity index (χ3v) is 6.76. The SMILES string of the molecule is O=C(CCc1nc(-c2ccco2)no1)NC[C@@H]1CC2c3ccccc3C1c1ccccc12. The number of furan rings is 1. The van der Waals surface area contributed by atoms with Crippen molar-refractivity contribution in [1.82, 2.24) is 15.5 Å². The summed E-state index contributed by atoms with van der Waals surface area (Å²) in [6.07, 6.45) is 3.35. The van der Waals surface area contributed by atoms with Crippen molar-refractivity contribution in [2.24, 2.45) is 5.92 Å². The smallest absolute Gasteiger partial charge is 0.238 e. The number of aromatic nitrogens is 2. The number of rotatable bonds is 6. The molecule has 4 aromatic rings. The summed E-state index contributed by atoms with van der Waals surface area (Å²) in [7, 11) is 0. The molecule has 160 valence electrons. The van der Waals surface area contributed by atoms with Gasteiger partial charge in [-0.15, -0.1) is 0 Å². The monoisotopic (exact) mass is 425 g/mol. The highest BCUT2D eigenvalue weighted by molar-refractivity contribution is 5.76. The van der Waals surface area contributed by atoms with Gasteiger partial charge in [-0.1, -0.05) is 53.7 Å². The average Bonchev–Trinajstić information content (AvgIpc) is 3.54. The first-order valence-corrected chi connectivity index (χ1v) is 11.1. The van der Waals surface area contributed by atoms with E-state index in [2.05, 4.69) is 64.0 Å². The van der Waals surface area contributed by atoms with Crippen LogP contribution >= 0.6 is 0 Å². The van der Waals surface area contributed by atoms with Gasteiger partial charge in [-0.3, -0.25) is 4.79 Å². The zero-order valence-electron chi connectivity index (χ0n) is 17.5. The van der Waals surface area contributed by atoms with E-state index in [0.717, 1.165) is 6.42 Å². The number of nitrogens with zero attached hydrogens (tertiary/aromatic N) is 2. The molecule has 7 rings (SSSR count). The van der Waals surface area contributed by atoms with Crippen LogP contribution in [0.25, 0.3) is 11.6 Å². The zero-order valence-corrected chi connectivity index (χ0v) is 17.5. The molecular formula is C26H23N3O3. The Morgan fingerprint density at radius 1 is 0.969 bits per heavy atom. The Morgan fingerprint density at radius 3 is 2.38 bits per heavy atom. The fourth-order valence-electron chi connectivity index (χ4n) is 5.38. The summed E-state index contributed by atoms with van der Waals surface area (Å²) in [5.74, 6) is 2.53. The summed E-state index contributed by atoms with van der Waals surface area (Å²) in [5, 5.41) is 7.07. The van der Waals surface area contributed by atoms with E-state index >= 15 is 0 Å². The number of amides is 1. The summed E-state index contributed by atoms with van der Waals surface area (Å²) in [5.41, 5.74) is 5.72. The number of aryl methyl sites for hydroxylation is 1. The van der Waals surface area contributed by atoms with Crippen LogP contribution in [-0.2, 0) is 11.2 Å². The molecule has 2 bridgehead atoms. The second kappa shape index (κ2) is 7.79. The van der Waals surface area contributed by atoms with Gasteiger partial charge in [0.15, 0.2) is 5.76 Å². The highest BCUT2D eigenvalue weighted by Crippen LogP contribution is 2.55. The fourth-order valence-corrected chi connectivity index (χ4v) is 5.38. The lowest BCUT2D eigenvalue weighted by atomic mass is 9.59. The van der Waals surface area contributed by atoms with E-state index in [1.165, 1.54) is 22.3 Å². The molecule has 3 aliphatic carbocycles. The van der Waals surface area contributed by atoms with Crippen molar-refractivity contribution < 1.29 is 13.7 Å². The Balaban J connectivity index is 1.11. The predicted molar refractivity (Wildman–Crippen MR) is 118 cm³/mol. The second-order valence-corrected chi connectivity index (χ2v) is 8.58. The first kappa shape index (κ1) is 19.0. The lowest BCUT2D eigenvalue weighted by Gasteiger charge is -2.45. The topological polar surface area (TPSA) is 81.2 Å². The Labute approximate surface area is 185 Å². The maximum absolute atomic E-state index is 12.6. The molecule has 6 nitrogen and oxygen atoms in total. The van der Waals surface area contributed by atoms with Crippen LogP contribution in [0.2, 0.25) is 0 Å². The minimum absolute atomic E-state index is 0.00534. The molecule has 0 unspecified atom stereocenters. The van der Waals surface area contributed by atoms with Crippen molar-refractivity contribution in [3.8, 4) is 11.6 Å². The van der Waals surface area contributed by atoms with Crippen molar-refractivity contribution in [3.63, 3.8) is 0 Å². The summed E-state index contributed by atoms with van der Waals surface area (Å²) in [6.45, 7) is 0.671. The van der Waals surface area contributed by atoms with E-state index in [9.17, 15) is 4.79 Å². The molecule has 0 saturated carbocycles. The van der Waals surface area contributed by atoms with E-state index < -0.39 is 0 Å². The van der Waals surface area contributed by atoms with Crippen molar-refractivity contribution in [2.45, 2.75) is 31.1 Å². The van der Waals surface area contributed by atoms with Crippen LogP contribution in [0.1, 0.15) is 52.8 Å². The molecule has 0 saturated heterocycles. The van der Waals surface area contributed by atoms with Crippen LogP contribution in [0, 0.1) is 5.92 Å². The Morgan fingerprint density at radius 2 is 1.69 bits per heavy atom. The van der Waals surface area contributed by atoms with Crippen LogP contribution in [0.3, 0.4) is 0 Å². The minimum Gasteiger partial charge on any atom is -0.461 e. The molecule has 2 aromatic carbocycles. The van der Waals surface area contributed by atoms with Gasteiger partial charge in [-0.25, -0.2) is 0 Å². The van der Waals surface area contributed by atoms with Gasteiger partial charge in [-0.2, -0.15) is 4.98 Å². The van der Waals surface area contributed by atoms with Gasteiger partial charge >= 0.3 is 0 Å². The normalized spacial score (nSPS) is 20.6. The molecule has 3 aliphatic rings. The number of carbonyl (C=O) groups is 1. The number of nitrogens with one attached hydrogen (secondary N) is 1. The summed E-state index contributed by atoms with van der Waals surface area (Å²) in [6, 6.07) is 21.1. The Hall–Kier alpha value is -3.67. The van der Waals surface area contributed by atoms with E-state index in [4.69, 9.17) is 8.94 Å². The van der Waals surface area contributed by atoms with Crippen LogP contribution in [0.5, 0.6) is 0 Å². The first-order valence-electron chi connectivity index (χ1n) is 11.1. The van der Waals surface area contributed by atoms with Crippen LogP contribution in [-0.4, -0.2) is 22.6 Å². The number of benzene rings is 2. The number of fused-ring (bicyclic) bond motifs is 1. The van der Waals surface area contributed by atoms with Crippen molar-refractivity contribution in [3.05, 3.63) is 95.1 Å². The fraction of sp³-hybridized carbons (Fsp3) is 0.269. The maximum Gasteiger partial charge on any atom is 0.238 e. The lowest BCUT2D eigenvalue weighted by Crippen LogP contribution is -2.39.